The third kappa shape index (κ3) is 3.86. The molecule has 1 saturated heterocycles. The van der Waals surface area contributed by atoms with Crippen LogP contribution in [0.15, 0.2) is 30.3 Å². The molecule has 132 valence electrons. The molecule has 5 heteroatoms. The Labute approximate surface area is 148 Å². The van der Waals surface area contributed by atoms with Gasteiger partial charge in [-0.25, -0.2) is 0 Å². The molecule has 0 spiro atoms. The molecule has 25 heavy (non-hydrogen) atoms. The quantitative estimate of drug-likeness (QED) is 0.906. The van der Waals surface area contributed by atoms with Crippen molar-refractivity contribution in [3.8, 4) is 5.75 Å². The number of carbonyl (C=O) groups excluding carboxylic acids is 1. The van der Waals surface area contributed by atoms with E-state index in [1.807, 2.05) is 36.1 Å². The summed E-state index contributed by atoms with van der Waals surface area (Å²) in [5.41, 5.74) is 2.87. The van der Waals surface area contributed by atoms with Crippen LogP contribution in [0.25, 0.3) is 0 Å². The number of piperidine rings is 1. The lowest BCUT2D eigenvalue weighted by Crippen LogP contribution is -2.39. The Hall–Kier alpha value is -2.30. The zero-order valence-corrected chi connectivity index (χ0v) is 14.7. The first-order chi connectivity index (χ1) is 12.2. The highest BCUT2D eigenvalue weighted by Gasteiger charge is 2.27. The first-order valence-electron chi connectivity index (χ1n) is 9.23. The maximum Gasteiger partial charge on any atom is 0.253 e. The van der Waals surface area contributed by atoms with E-state index in [0.717, 1.165) is 61.2 Å². The van der Waals surface area contributed by atoms with Gasteiger partial charge in [-0.1, -0.05) is 0 Å². The van der Waals surface area contributed by atoms with Crippen LogP contribution >= 0.6 is 0 Å². The molecule has 0 unspecified atom stereocenters. The second-order valence-electron chi connectivity index (χ2n) is 7.34. The summed E-state index contributed by atoms with van der Waals surface area (Å²) in [7, 11) is 0. The molecule has 1 aromatic heterocycles. The standard InChI is InChI=1S/C20H25N3O2/c1-14-11-19(22-21-14)17-3-2-10-23(12-17)20(24)16-6-8-18(9-7-16)25-13-15-4-5-15/h6-9,11,15,17H,2-5,10,12-13H2,1H3,(H,21,22)/t17-/m1/s1. The Morgan fingerprint density at radius 1 is 1.28 bits per heavy atom. The Morgan fingerprint density at radius 2 is 2.08 bits per heavy atom. The van der Waals surface area contributed by atoms with E-state index in [2.05, 4.69) is 16.3 Å². The first kappa shape index (κ1) is 16.2. The van der Waals surface area contributed by atoms with Gasteiger partial charge in [0.2, 0.25) is 0 Å². The second kappa shape index (κ2) is 6.90. The third-order valence-electron chi connectivity index (χ3n) is 5.14. The molecular weight excluding hydrogens is 314 g/mol. The molecule has 1 amide bonds. The summed E-state index contributed by atoms with van der Waals surface area (Å²) in [5, 5.41) is 7.38. The molecule has 0 bridgehead atoms. The smallest absolute Gasteiger partial charge is 0.253 e. The van der Waals surface area contributed by atoms with Gasteiger partial charge in [0.1, 0.15) is 5.75 Å². The molecule has 1 saturated carbocycles. The third-order valence-corrected chi connectivity index (χ3v) is 5.14. The number of H-pyrrole nitrogens is 1. The van der Waals surface area contributed by atoms with Crippen molar-refractivity contribution in [3.05, 3.63) is 47.3 Å². The number of aromatic amines is 1. The van der Waals surface area contributed by atoms with Gasteiger partial charge in [-0.2, -0.15) is 5.10 Å². The summed E-state index contributed by atoms with van der Waals surface area (Å²) in [4.78, 5) is 14.8. The van der Waals surface area contributed by atoms with Crippen LogP contribution in [0.5, 0.6) is 5.75 Å². The highest BCUT2D eigenvalue weighted by molar-refractivity contribution is 5.94. The van der Waals surface area contributed by atoms with E-state index in [0.29, 0.717) is 5.92 Å². The van der Waals surface area contributed by atoms with Crippen LogP contribution in [-0.4, -0.2) is 40.7 Å². The second-order valence-corrected chi connectivity index (χ2v) is 7.34. The lowest BCUT2D eigenvalue weighted by molar-refractivity contribution is 0.0706. The van der Waals surface area contributed by atoms with Crippen molar-refractivity contribution < 1.29 is 9.53 Å². The average Bonchev–Trinajstić information content (AvgIpc) is 3.39. The van der Waals surface area contributed by atoms with Gasteiger partial charge in [-0.15, -0.1) is 0 Å². The van der Waals surface area contributed by atoms with Gasteiger partial charge in [0.25, 0.3) is 5.91 Å². The van der Waals surface area contributed by atoms with Crippen molar-refractivity contribution in [2.45, 2.75) is 38.5 Å². The minimum absolute atomic E-state index is 0.103. The first-order valence-corrected chi connectivity index (χ1v) is 9.23. The fourth-order valence-electron chi connectivity index (χ4n) is 3.43. The molecule has 4 rings (SSSR count). The van der Waals surface area contributed by atoms with Gasteiger partial charge in [0.15, 0.2) is 0 Å². The number of ether oxygens (including phenoxy) is 1. The number of nitrogens with zero attached hydrogens (tertiary/aromatic N) is 2. The molecular formula is C20H25N3O2. The van der Waals surface area contributed by atoms with Gasteiger partial charge in [0.05, 0.1) is 12.3 Å². The number of amides is 1. The number of aromatic nitrogens is 2. The SMILES string of the molecule is Cc1cc([C@@H]2CCCN(C(=O)c3ccc(OCC4CC4)cc3)C2)n[nH]1. The molecule has 2 aliphatic rings. The summed E-state index contributed by atoms with van der Waals surface area (Å²) in [5.74, 6) is 2.01. The molecule has 1 N–H and O–H groups in total. The van der Waals surface area contributed by atoms with E-state index >= 15 is 0 Å². The molecule has 5 nitrogen and oxygen atoms in total. The van der Waals surface area contributed by atoms with Gasteiger partial charge >= 0.3 is 0 Å². The molecule has 2 aromatic rings. The Kier molecular flexibility index (Phi) is 4.47. The minimum Gasteiger partial charge on any atom is -0.493 e. The number of likely N-dealkylation sites (tertiary alicyclic amines) is 1. The van der Waals surface area contributed by atoms with E-state index < -0.39 is 0 Å². The minimum atomic E-state index is 0.103. The van der Waals surface area contributed by atoms with Gasteiger partial charge < -0.3 is 9.64 Å². The largest absolute Gasteiger partial charge is 0.493 e. The van der Waals surface area contributed by atoms with Crippen molar-refractivity contribution in [2.75, 3.05) is 19.7 Å². The lowest BCUT2D eigenvalue weighted by atomic mass is 9.94. The summed E-state index contributed by atoms with van der Waals surface area (Å²) >= 11 is 0. The molecule has 0 radical (unpaired) electrons. The van der Waals surface area contributed by atoms with Crippen LogP contribution < -0.4 is 4.74 Å². The fourth-order valence-corrected chi connectivity index (χ4v) is 3.43. The van der Waals surface area contributed by atoms with Gasteiger partial charge in [-0.05, 0) is 68.9 Å². The Bertz CT molecular complexity index is 734. The Morgan fingerprint density at radius 3 is 2.76 bits per heavy atom. The normalized spacial score (nSPS) is 20.5. The maximum atomic E-state index is 12.8. The monoisotopic (exact) mass is 339 g/mol. The highest BCUT2D eigenvalue weighted by atomic mass is 16.5. The van der Waals surface area contributed by atoms with Crippen LogP contribution in [0.1, 0.15) is 53.3 Å². The highest BCUT2D eigenvalue weighted by Crippen LogP contribution is 2.30. The molecule has 2 fully saturated rings. The zero-order valence-electron chi connectivity index (χ0n) is 14.7. The molecule has 1 atom stereocenters. The number of hydrogen-bond acceptors (Lipinski definition) is 3. The summed E-state index contributed by atoms with van der Waals surface area (Å²) < 4.78 is 5.75. The lowest BCUT2D eigenvalue weighted by Gasteiger charge is -2.32. The van der Waals surface area contributed by atoms with Gasteiger partial charge in [0, 0.05) is 30.3 Å². The van der Waals surface area contributed by atoms with E-state index in [-0.39, 0.29) is 5.91 Å². The molecule has 1 aromatic carbocycles. The van der Waals surface area contributed by atoms with Crippen molar-refractivity contribution in [3.63, 3.8) is 0 Å². The van der Waals surface area contributed by atoms with E-state index in [1.165, 1.54) is 12.8 Å². The number of aryl methyl sites for hydroxylation is 1. The topological polar surface area (TPSA) is 58.2 Å². The van der Waals surface area contributed by atoms with E-state index in [4.69, 9.17) is 4.74 Å². The number of carbonyl (C=O) groups is 1. The van der Waals surface area contributed by atoms with Crippen LogP contribution in [0.3, 0.4) is 0 Å². The Balaban J connectivity index is 1.39. The number of rotatable bonds is 5. The number of nitrogens with one attached hydrogen (secondary N) is 1. The number of benzene rings is 1. The van der Waals surface area contributed by atoms with Gasteiger partial charge in [-0.3, -0.25) is 9.89 Å². The molecule has 1 aliphatic heterocycles. The van der Waals surface area contributed by atoms with Crippen LogP contribution in [0, 0.1) is 12.8 Å². The predicted molar refractivity (Wildman–Crippen MR) is 95.9 cm³/mol. The molecule has 2 heterocycles. The fraction of sp³-hybridized carbons (Fsp3) is 0.500. The van der Waals surface area contributed by atoms with Crippen molar-refractivity contribution >= 4 is 5.91 Å². The molecule has 1 aliphatic carbocycles. The van der Waals surface area contributed by atoms with E-state index in [1.54, 1.807) is 0 Å². The van der Waals surface area contributed by atoms with Crippen LogP contribution in [0.4, 0.5) is 0 Å². The predicted octanol–water partition coefficient (Wildman–Crippen LogP) is 3.53. The average molecular weight is 339 g/mol. The van der Waals surface area contributed by atoms with Crippen LogP contribution in [-0.2, 0) is 0 Å². The van der Waals surface area contributed by atoms with Crippen molar-refractivity contribution in [2.24, 2.45) is 5.92 Å². The van der Waals surface area contributed by atoms with E-state index in [9.17, 15) is 4.79 Å². The summed E-state index contributed by atoms with van der Waals surface area (Å²) in [6.07, 6.45) is 4.66. The van der Waals surface area contributed by atoms with Crippen molar-refractivity contribution in [1.29, 1.82) is 0 Å². The van der Waals surface area contributed by atoms with Crippen molar-refractivity contribution in [1.82, 2.24) is 15.1 Å². The summed E-state index contributed by atoms with van der Waals surface area (Å²) in [6.45, 7) is 4.36. The van der Waals surface area contributed by atoms with Crippen LogP contribution in [0.2, 0.25) is 0 Å². The number of hydrogen-bond donors (Lipinski definition) is 1. The zero-order chi connectivity index (χ0) is 17.2. The summed E-state index contributed by atoms with van der Waals surface area (Å²) in [6, 6.07) is 9.67. The maximum absolute atomic E-state index is 12.8.